The molecule has 0 radical (unpaired) electrons. The Balaban J connectivity index is 2.39. The number of hydrogen-bond acceptors (Lipinski definition) is 4. The fraction of sp³-hybridized carbons (Fsp3) is 0.462. The minimum Gasteiger partial charge on any atom is -0.494 e. The van der Waals surface area contributed by atoms with E-state index in [0.29, 0.717) is 12.3 Å². The predicted octanol–water partition coefficient (Wildman–Crippen LogP) is 1.83. The van der Waals surface area contributed by atoms with Gasteiger partial charge in [0.2, 0.25) is 0 Å². The van der Waals surface area contributed by atoms with Gasteiger partial charge in [0.15, 0.2) is 6.29 Å². The van der Waals surface area contributed by atoms with Gasteiger partial charge < -0.3 is 24.8 Å². The van der Waals surface area contributed by atoms with Crippen molar-refractivity contribution in [3.05, 3.63) is 24.3 Å². The van der Waals surface area contributed by atoms with Crippen LogP contribution in [0.15, 0.2) is 24.3 Å². The van der Waals surface area contributed by atoms with Crippen molar-refractivity contribution in [3.63, 3.8) is 0 Å². The highest BCUT2D eigenvalue weighted by Gasteiger charge is 2.07. The molecule has 0 saturated heterocycles. The molecule has 0 saturated carbocycles. The molecule has 0 heterocycles. The second-order valence-electron chi connectivity index (χ2n) is 3.69. The smallest absolute Gasteiger partial charge is 0.319 e. The van der Waals surface area contributed by atoms with E-state index in [2.05, 4.69) is 10.6 Å². The Morgan fingerprint density at radius 2 is 1.84 bits per heavy atom. The molecule has 6 heteroatoms. The molecule has 2 N–H and O–H groups in total. The third-order valence-corrected chi connectivity index (χ3v) is 2.38. The molecule has 1 rings (SSSR count). The lowest BCUT2D eigenvalue weighted by molar-refractivity contribution is -0.0970. The van der Waals surface area contributed by atoms with Gasteiger partial charge in [0.05, 0.1) is 13.2 Å². The molecular weight excluding hydrogens is 248 g/mol. The molecule has 6 nitrogen and oxygen atoms in total. The van der Waals surface area contributed by atoms with E-state index < -0.39 is 6.29 Å². The van der Waals surface area contributed by atoms with E-state index in [0.717, 1.165) is 5.75 Å². The van der Waals surface area contributed by atoms with Crippen molar-refractivity contribution < 1.29 is 19.0 Å². The minimum atomic E-state index is -0.453. The average Bonchev–Trinajstić information content (AvgIpc) is 2.42. The van der Waals surface area contributed by atoms with E-state index in [-0.39, 0.29) is 12.6 Å². The van der Waals surface area contributed by atoms with Crippen molar-refractivity contribution in [2.45, 2.75) is 13.2 Å². The summed E-state index contributed by atoms with van der Waals surface area (Å²) >= 11 is 0. The molecule has 2 amide bonds. The summed E-state index contributed by atoms with van der Waals surface area (Å²) in [6, 6.07) is 6.82. The maximum Gasteiger partial charge on any atom is 0.319 e. The van der Waals surface area contributed by atoms with Gasteiger partial charge >= 0.3 is 6.03 Å². The number of benzene rings is 1. The summed E-state index contributed by atoms with van der Waals surface area (Å²) in [5.74, 6) is 0.771. The van der Waals surface area contributed by atoms with Crippen molar-refractivity contribution in [1.82, 2.24) is 5.32 Å². The molecule has 0 aromatic heterocycles. The highest BCUT2D eigenvalue weighted by atomic mass is 16.7. The van der Waals surface area contributed by atoms with Gasteiger partial charge in [0.25, 0.3) is 0 Å². The summed E-state index contributed by atoms with van der Waals surface area (Å²) < 4.78 is 15.2. The van der Waals surface area contributed by atoms with Crippen molar-refractivity contribution >= 4 is 11.7 Å². The number of urea groups is 1. The van der Waals surface area contributed by atoms with Gasteiger partial charge in [-0.25, -0.2) is 4.79 Å². The zero-order valence-electron chi connectivity index (χ0n) is 11.4. The molecule has 0 aliphatic rings. The Kier molecular flexibility index (Phi) is 6.70. The third kappa shape index (κ3) is 5.58. The number of carbonyl (C=O) groups excluding carboxylic acids is 1. The second kappa shape index (κ2) is 8.34. The number of nitrogens with one attached hydrogen (secondary N) is 2. The van der Waals surface area contributed by atoms with Crippen molar-refractivity contribution in [2.75, 3.05) is 32.7 Å². The largest absolute Gasteiger partial charge is 0.494 e. The van der Waals surface area contributed by atoms with Gasteiger partial charge in [-0.3, -0.25) is 0 Å². The molecular formula is C13H20N2O4. The van der Waals surface area contributed by atoms with E-state index in [1.54, 1.807) is 24.3 Å². The Morgan fingerprint density at radius 3 is 2.37 bits per heavy atom. The summed E-state index contributed by atoms with van der Waals surface area (Å²) in [7, 11) is 3.03. The predicted molar refractivity (Wildman–Crippen MR) is 72.4 cm³/mol. The third-order valence-electron chi connectivity index (χ3n) is 2.38. The highest BCUT2D eigenvalue weighted by molar-refractivity contribution is 5.89. The summed E-state index contributed by atoms with van der Waals surface area (Å²) in [4.78, 5) is 11.6. The van der Waals surface area contributed by atoms with E-state index in [9.17, 15) is 4.79 Å². The molecule has 1 aromatic carbocycles. The summed E-state index contributed by atoms with van der Waals surface area (Å²) in [5, 5.41) is 5.34. The molecule has 106 valence electrons. The van der Waals surface area contributed by atoms with Crippen LogP contribution in [-0.2, 0) is 9.47 Å². The first-order valence-electron chi connectivity index (χ1n) is 6.03. The van der Waals surface area contributed by atoms with Crippen LogP contribution in [0.25, 0.3) is 0 Å². The number of anilines is 1. The molecule has 0 spiro atoms. The maximum atomic E-state index is 11.6. The first kappa shape index (κ1) is 15.3. The molecule has 1 aromatic rings. The van der Waals surface area contributed by atoms with Crippen LogP contribution in [0.4, 0.5) is 10.5 Å². The summed E-state index contributed by atoms with van der Waals surface area (Å²) in [6.07, 6.45) is -0.453. The van der Waals surface area contributed by atoms with Gasteiger partial charge in [-0.1, -0.05) is 0 Å². The second-order valence-corrected chi connectivity index (χ2v) is 3.69. The normalized spacial score (nSPS) is 10.3. The summed E-state index contributed by atoms with van der Waals surface area (Å²) in [6.45, 7) is 2.81. The fourth-order valence-corrected chi connectivity index (χ4v) is 1.42. The molecule has 19 heavy (non-hydrogen) atoms. The SMILES string of the molecule is CCOc1ccc(NC(=O)NCC(OC)OC)cc1. The van der Waals surface area contributed by atoms with E-state index in [1.807, 2.05) is 6.92 Å². The first-order chi connectivity index (χ1) is 9.19. The fourth-order valence-electron chi connectivity index (χ4n) is 1.42. The van der Waals surface area contributed by atoms with Crippen LogP contribution in [0.2, 0.25) is 0 Å². The lowest BCUT2D eigenvalue weighted by Gasteiger charge is -2.14. The van der Waals surface area contributed by atoms with Crippen LogP contribution in [0.3, 0.4) is 0 Å². The van der Waals surface area contributed by atoms with Gasteiger partial charge in [0.1, 0.15) is 5.75 Å². The Morgan fingerprint density at radius 1 is 1.21 bits per heavy atom. The van der Waals surface area contributed by atoms with Gasteiger partial charge in [-0.2, -0.15) is 0 Å². The molecule has 0 fully saturated rings. The standard InChI is InChI=1S/C13H20N2O4/c1-4-19-11-7-5-10(6-8-11)15-13(16)14-9-12(17-2)18-3/h5-8,12H,4,9H2,1-3H3,(H2,14,15,16). The van der Waals surface area contributed by atoms with Crippen molar-refractivity contribution in [1.29, 1.82) is 0 Å². The Hall–Kier alpha value is -1.79. The maximum absolute atomic E-state index is 11.6. The highest BCUT2D eigenvalue weighted by Crippen LogP contribution is 2.15. The lowest BCUT2D eigenvalue weighted by Crippen LogP contribution is -2.36. The Bertz CT molecular complexity index is 377. The van der Waals surface area contributed by atoms with Gasteiger partial charge in [0, 0.05) is 19.9 Å². The number of ether oxygens (including phenoxy) is 3. The number of amides is 2. The topological polar surface area (TPSA) is 68.8 Å². The van der Waals surface area contributed by atoms with Gasteiger partial charge in [-0.15, -0.1) is 0 Å². The minimum absolute atomic E-state index is 0.274. The van der Waals surface area contributed by atoms with Crippen LogP contribution in [0.1, 0.15) is 6.92 Å². The molecule has 0 aliphatic heterocycles. The number of rotatable bonds is 7. The van der Waals surface area contributed by atoms with Crippen LogP contribution in [0.5, 0.6) is 5.75 Å². The van der Waals surface area contributed by atoms with Crippen molar-refractivity contribution in [2.24, 2.45) is 0 Å². The van der Waals surface area contributed by atoms with Gasteiger partial charge in [-0.05, 0) is 31.2 Å². The number of methoxy groups -OCH3 is 2. The summed E-state index contributed by atoms with van der Waals surface area (Å²) in [5.41, 5.74) is 0.687. The van der Waals surface area contributed by atoms with E-state index in [4.69, 9.17) is 14.2 Å². The van der Waals surface area contributed by atoms with E-state index >= 15 is 0 Å². The van der Waals surface area contributed by atoms with Crippen LogP contribution in [0, 0.1) is 0 Å². The number of hydrogen-bond donors (Lipinski definition) is 2. The zero-order chi connectivity index (χ0) is 14.1. The Labute approximate surface area is 113 Å². The van der Waals surface area contributed by atoms with Crippen LogP contribution in [-0.4, -0.2) is 39.7 Å². The monoisotopic (exact) mass is 268 g/mol. The molecule has 0 aliphatic carbocycles. The quantitative estimate of drug-likeness (QED) is 0.740. The molecule has 0 bridgehead atoms. The lowest BCUT2D eigenvalue weighted by atomic mass is 10.3. The first-order valence-corrected chi connectivity index (χ1v) is 6.03. The van der Waals surface area contributed by atoms with Crippen LogP contribution >= 0.6 is 0 Å². The van der Waals surface area contributed by atoms with E-state index in [1.165, 1.54) is 14.2 Å². The van der Waals surface area contributed by atoms with Crippen molar-refractivity contribution in [3.8, 4) is 5.75 Å². The number of carbonyl (C=O) groups is 1. The molecule has 0 unspecified atom stereocenters. The zero-order valence-corrected chi connectivity index (χ0v) is 11.4. The van der Waals surface area contributed by atoms with Crippen LogP contribution < -0.4 is 15.4 Å². The average molecular weight is 268 g/mol. The molecule has 0 atom stereocenters.